The van der Waals surface area contributed by atoms with Crippen LogP contribution in [0.15, 0.2) is 54.7 Å². The van der Waals surface area contributed by atoms with Gasteiger partial charge in [-0.3, -0.25) is 4.98 Å². The molecule has 0 spiro atoms. The van der Waals surface area contributed by atoms with E-state index >= 15 is 0 Å². The first-order chi connectivity index (χ1) is 12.7. The minimum absolute atomic E-state index is 0.292. The largest absolute Gasteiger partial charge is 0.356 e. The highest BCUT2D eigenvalue weighted by atomic mass is 15.2. The molecule has 4 rings (SSSR count). The van der Waals surface area contributed by atoms with Crippen LogP contribution in [0, 0.1) is 6.92 Å². The SMILES string of the molecule is Cc1ccc(-c2nc(-c3ccccn3)cc(N3CCC(N)CC3)n2)cc1. The van der Waals surface area contributed by atoms with Crippen molar-refractivity contribution < 1.29 is 0 Å². The lowest BCUT2D eigenvalue weighted by Crippen LogP contribution is -2.40. The summed E-state index contributed by atoms with van der Waals surface area (Å²) in [6.07, 6.45) is 3.77. The summed E-state index contributed by atoms with van der Waals surface area (Å²) in [4.78, 5) is 16.4. The van der Waals surface area contributed by atoms with E-state index in [-0.39, 0.29) is 0 Å². The molecule has 0 unspecified atom stereocenters. The molecule has 0 amide bonds. The number of piperidine rings is 1. The van der Waals surface area contributed by atoms with E-state index in [1.54, 1.807) is 6.20 Å². The molecule has 1 aromatic carbocycles. The molecule has 0 aliphatic carbocycles. The average Bonchev–Trinajstić information content (AvgIpc) is 2.69. The lowest BCUT2D eigenvalue weighted by molar-refractivity contribution is 0.498. The number of nitrogens with two attached hydrogens (primary N) is 1. The van der Waals surface area contributed by atoms with Crippen molar-refractivity contribution in [1.82, 2.24) is 15.0 Å². The van der Waals surface area contributed by atoms with Gasteiger partial charge in [0.15, 0.2) is 5.82 Å². The van der Waals surface area contributed by atoms with Crippen LogP contribution in [0.3, 0.4) is 0 Å². The molecule has 0 atom stereocenters. The number of nitrogens with zero attached hydrogens (tertiary/aromatic N) is 4. The van der Waals surface area contributed by atoms with Crippen LogP contribution in [-0.2, 0) is 0 Å². The first-order valence-electron chi connectivity index (χ1n) is 9.07. The quantitative estimate of drug-likeness (QED) is 0.787. The second-order valence-electron chi connectivity index (χ2n) is 6.84. The number of benzene rings is 1. The van der Waals surface area contributed by atoms with Gasteiger partial charge in [0.2, 0.25) is 0 Å². The molecular weight excluding hydrogens is 322 g/mol. The molecule has 132 valence electrons. The fourth-order valence-corrected chi connectivity index (χ4v) is 3.20. The topological polar surface area (TPSA) is 67.9 Å². The van der Waals surface area contributed by atoms with Gasteiger partial charge in [-0.15, -0.1) is 0 Å². The van der Waals surface area contributed by atoms with E-state index in [4.69, 9.17) is 15.7 Å². The molecule has 5 heteroatoms. The first kappa shape index (κ1) is 16.7. The summed E-state index contributed by atoms with van der Waals surface area (Å²) in [6, 6.07) is 16.5. The van der Waals surface area contributed by atoms with Crippen LogP contribution in [0.2, 0.25) is 0 Å². The van der Waals surface area contributed by atoms with Crippen LogP contribution in [0.5, 0.6) is 0 Å². The summed E-state index contributed by atoms with van der Waals surface area (Å²) in [5.74, 6) is 1.68. The number of aryl methyl sites for hydroxylation is 1. The molecule has 3 heterocycles. The van der Waals surface area contributed by atoms with Crippen molar-refractivity contribution in [3.8, 4) is 22.8 Å². The lowest BCUT2D eigenvalue weighted by atomic mass is 10.1. The normalized spacial score (nSPS) is 15.2. The van der Waals surface area contributed by atoms with Crippen molar-refractivity contribution in [3.63, 3.8) is 0 Å². The maximum atomic E-state index is 6.06. The van der Waals surface area contributed by atoms with Gasteiger partial charge in [0.05, 0.1) is 11.4 Å². The Balaban J connectivity index is 1.78. The molecule has 0 radical (unpaired) electrons. The van der Waals surface area contributed by atoms with E-state index in [1.165, 1.54) is 5.56 Å². The second kappa shape index (κ2) is 7.22. The minimum atomic E-state index is 0.292. The monoisotopic (exact) mass is 345 g/mol. The van der Waals surface area contributed by atoms with Gasteiger partial charge in [0.1, 0.15) is 5.82 Å². The number of aromatic nitrogens is 3. The van der Waals surface area contributed by atoms with Crippen LogP contribution >= 0.6 is 0 Å². The summed E-state index contributed by atoms with van der Waals surface area (Å²) in [5, 5.41) is 0. The highest BCUT2D eigenvalue weighted by molar-refractivity contribution is 5.66. The molecule has 1 fully saturated rings. The van der Waals surface area contributed by atoms with Crippen molar-refractivity contribution in [2.45, 2.75) is 25.8 Å². The highest BCUT2D eigenvalue weighted by Crippen LogP contribution is 2.26. The highest BCUT2D eigenvalue weighted by Gasteiger charge is 2.19. The number of anilines is 1. The van der Waals surface area contributed by atoms with Crippen LogP contribution in [-0.4, -0.2) is 34.1 Å². The van der Waals surface area contributed by atoms with E-state index in [0.717, 1.165) is 54.5 Å². The standard InChI is InChI=1S/C21H23N5/c1-15-5-7-16(8-6-15)21-24-19(18-4-2-3-11-23-18)14-20(25-21)26-12-9-17(22)10-13-26/h2-8,11,14,17H,9-10,12-13,22H2,1H3. The molecule has 0 bridgehead atoms. The number of hydrogen-bond donors (Lipinski definition) is 1. The summed E-state index contributed by atoms with van der Waals surface area (Å²) < 4.78 is 0. The molecule has 2 aromatic heterocycles. The van der Waals surface area contributed by atoms with Gasteiger partial charge in [-0.25, -0.2) is 9.97 Å². The van der Waals surface area contributed by atoms with Crippen molar-refractivity contribution in [2.24, 2.45) is 5.73 Å². The van der Waals surface area contributed by atoms with Gasteiger partial charge in [0.25, 0.3) is 0 Å². The molecule has 1 saturated heterocycles. The maximum absolute atomic E-state index is 6.06. The van der Waals surface area contributed by atoms with Crippen molar-refractivity contribution >= 4 is 5.82 Å². The van der Waals surface area contributed by atoms with Crippen LogP contribution in [0.4, 0.5) is 5.82 Å². The minimum Gasteiger partial charge on any atom is -0.356 e. The Morgan fingerprint density at radius 3 is 2.42 bits per heavy atom. The fourth-order valence-electron chi connectivity index (χ4n) is 3.20. The maximum Gasteiger partial charge on any atom is 0.162 e. The first-order valence-corrected chi connectivity index (χ1v) is 9.07. The van der Waals surface area contributed by atoms with Crippen molar-refractivity contribution in [1.29, 1.82) is 0 Å². The third-order valence-corrected chi connectivity index (χ3v) is 4.81. The van der Waals surface area contributed by atoms with E-state index in [9.17, 15) is 0 Å². The van der Waals surface area contributed by atoms with Crippen LogP contribution in [0.1, 0.15) is 18.4 Å². The molecule has 2 N–H and O–H groups in total. The Morgan fingerprint density at radius 2 is 1.73 bits per heavy atom. The van der Waals surface area contributed by atoms with Gasteiger partial charge in [-0.1, -0.05) is 35.9 Å². The smallest absolute Gasteiger partial charge is 0.162 e. The lowest BCUT2D eigenvalue weighted by Gasteiger charge is -2.31. The number of rotatable bonds is 3. The van der Waals surface area contributed by atoms with Crippen molar-refractivity contribution in [2.75, 3.05) is 18.0 Å². The van der Waals surface area contributed by atoms with Crippen molar-refractivity contribution in [3.05, 3.63) is 60.3 Å². The van der Waals surface area contributed by atoms with E-state index in [1.807, 2.05) is 24.3 Å². The molecule has 1 aliphatic heterocycles. The van der Waals surface area contributed by atoms with E-state index in [0.29, 0.717) is 6.04 Å². The summed E-state index contributed by atoms with van der Waals surface area (Å²) in [5.41, 5.74) is 10.0. The predicted molar refractivity (Wildman–Crippen MR) is 105 cm³/mol. The Kier molecular flexibility index (Phi) is 4.63. The number of hydrogen-bond acceptors (Lipinski definition) is 5. The molecule has 1 aliphatic rings. The fraction of sp³-hybridized carbons (Fsp3) is 0.286. The molecule has 5 nitrogen and oxygen atoms in total. The van der Waals surface area contributed by atoms with Gasteiger partial charge in [-0.2, -0.15) is 0 Å². The Hall–Kier alpha value is -2.79. The number of pyridine rings is 1. The van der Waals surface area contributed by atoms with Gasteiger partial charge in [0, 0.05) is 37.0 Å². The van der Waals surface area contributed by atoms with Gasteiger partial charge >= 0.3 is 0 Å². The summed E-state index contributed by atoms with van der Waals surface area (Å²) in [6.45, 7) is 3.93. The second-order valence-corrected chi connectivity index (χ2v) is 6.84. The Morgan fingerprint density at radius 1 is 0.962 bits per heavy atom. The summed E-state index contributed by atoms with van der Waals surface area (Å²) in [7, 11) is 0. The summed E-state index contributed by atoms with van der Waals surface area (Å²) >= 11 is 0. The third kappa shape index (κ3) is 3.58. The average molecular weight is 345 g/mol. The molecule has 0 saturated carbocycles. The molecule has 3 aromatic rings. The van der Waals surface area contributed by atoms with E-state index in [2.05, 4.69) is 41.1 Å². The van der Waals surface area contributed by atoms with Gasteiger partial charge in [-0.05, 0) is 31.9 Å². The zero-order chi connectivity index (χ0) is 17.9. The van der Waals surface area contributed by atoms with Gasteiger partial charge < -0.3 is 10.6 Å². The van der Waals surface area contributed by atoms with Crippen LogP contribution < -0.4 is 10.6 Å². The van der Waals surface area contributed by atoms with Crippen LogP contribution in [0.25, 0.3) is 22.8 Å². The van der Waals surface area contributed by atoms with E-state index < -0.39 is 0 Å². The Bertz CT molecular complexity index is 869. The zero-order valence-corrected chi connectivity index (χ0v) is 15.0. The molecular formula is C21H23N5. The zero-order valence-electron chi connectivity index (χ0n) is 15.0. The predicted octanol–water partition coefficient (Wildman–Crippen LogP) is 3.44. The Labute approximate surface area is 153 Å². The third-order valence-electron chi connectivity index (χ3n) is 4.81. The molecule has 26 heavy (non-hydrogen) atoms.